The highest BCUT2D eigenvalue weighted by Gasteiger charge is 2.21. The minimum atomic E-state index is 0.259. The van der Waals surface area contributed by atoms with Crippen molar-refractivity contribution in [2.45, 2.75) is 38.3 Å². The van der Waals surface area contributed by atoms with E-state index in [-0.39, 0.29) is 5.91 Å². The molecule has 0 spiro atoms. The number of nitrogens with one attached hydrogen (secondary N) is 1. The maximum Gasteiger partial charge on any atom is 0.227 e. The number of nitrogens with zero attached hydrogens (tertiary/aromatic N) is 1. The molecule has 0 bridgehead atoms. The third-order valence-corrected chi connectivity index (χ3v) is 5.29. The van der Waals surface area contributed by atoms with Gasteiger partial charge in [-0.05, 0) is 42.7 Å². The van der Waals surface area contributed by atoms with Gasteiger partial charge in [0.25, 0.3) is 0 Å². The lowest BCUT2D eigenvalue weighted by atomic mass is 10.1. The molecule has 1 aromatic rings. The van der Waals surface area contributed by atoms with Crippen LogP contribution < -0.4 is 10.2 Å². The number of hydrogen-bond acceptors (Lipinski definition) is 3. The van der Waals surface area contributed by atoms with Crippen LogP contribution in [0.2, 0.25) is 0 Å². The Morgan fingerprint density at radius 3 is 2.75 bits per heavy atom. The van der Waals surface area contributed by atoms with E-state index in [0.29, 0.717) is 12.5 Å². The zero-order chi connectivity index (χ0) is 13.8. The van der Waals surface area contributed by atoms with Crippen LogP contribution in [0.5, 0.6) is 0 Å². The van der Waals surface area contributed by atoms with Gasteiger partial charge < -0.3 is 10.2 Å². The van der Waals surface area contributed by atoms with Crippen molar-refractivity contribution in [1.82, 2.24) is 5.32 Å². The van der Waals surface area contributed by atoms with Crippen molar-refractivity contribution in [3.05, 3.63) is 29.8 Å². The lowest BCUT2D eigenvalue weighted by Gasteiger charge is -2.22. The van der Waals surface area contributed by atoms with Crippen molar-refractivity contribution in [3.63, 3.8) is 0 Å². The van der Waals surface area contributed by atoms with Gasteiger partial charge in [0.05, 0.1) is 0 Å². The summed E-state index contributed by atoms with van der Waals surface area (Å²) in [4.78, 5) is 13.6. The number of benzene rings is 1. The van der Waals surface area contributed by atoms with Gasteiger partial charge in [0.15, 0.2) is 0 Å². The van der Waals surface area contributed by atoms with E-state index in [0.717, 1.165) is 25.2 Å². The van der Waals surface area contributed by atoms with E-state index < -0.39 is 0 Å². The molecule has 1 N–H and O–H groups in total. The third-order valence-electron chi connectivity index (χ3n) is 4.08. The standard InChI is InChI=1S/C16H22N2OS/c19-16-4-1-9-18(16)15-7-5-13(6-8-15)11-17-14-3-2-10-20-12-14/h5-8,14,17H,1-4,9-12H2/t14-/m1/s1. The summed E-state index contributed by atoms with van der Waals surface area (Å²) in [6, 6.07) is 9.10. The van der Waals surface area contributed by atoms with E-state index in [1.54, 1.807) is 0 Å². The van der Waals surface area contributed by atoms with Crippen molar-refractivity contribution in [2.24, 2.45) is 0 Å². The number of hydrogen-bond donors (Lipinski definition) is 1. The van der Waals surface area contributed by atoms with Crippen LogP contribution in [-0.2, 0) is 11.3 Å². The van der Waals surface area contributed by atoms with Gasteiger partial charge in [0.2, 0.25) is 5.91 Å². The average molecular weight is 290 g/mol. The van der Waals surface area contributed by atoms with Crippen molar-refractivity contribution in [3.8, 4) is 0 Å². The molecule has 0 aromatic heterocycles. The number of thioether (sulfide) groups is 1. The van der Waals surface area contributed by atoms with Crippen LogP contribution in [0.1, 0.15) is 31.2 Å². The molecular weight excluding hydrogens is 268 g/mol. The Hall–Kier alpha value is -1.00. The summed E-state index contributed by atoms with van der Waals surface area (Å²) in [6.45, 7) is 1.80. The van der Waals surface area contributed by atoms with Crippen LogP contribution in [0, 0.1) is 0 Å². The van der Waals surface area contributed by atoms with Crippen molar-refractivity contribution in [1.29, 1.82) is 0 Å². The Morgan fingerprint density at radius 2 is 2.10 bits per heavy atom. The fourth-order valence-corrected chi connectivity index (χ4v) is 3.99. The summed E-state index contributed by atoms with van der Waals surface area (Å²) in [7, 11) is 0. The SMILES string of the molecule is O=C1CCCN1c1ccc(CN[C@@H]2CCCSC2)cc1. The molecule has 0 unspecified atom stereocenters. The molecule has 2 aliphatic heterocycles. The van der Waals surface area contributed by atoms with Gasteiger partial charge in [-0.1, -0.05) is 12.1 Å². The predicted octanol–water partition coefficient (Wildman–Crippen LogP) is 2.80. The molecule has 2 heterocycles. The molecule has 1 aromatic carbocycles. The van der Waals surface area contributed by atoms with Crippen LogP contribution in [0.15, 0.2) is 24.3 Å². The van der Waals surface area contributed by atoms with Crippen LogP contribution in [0.4, 0.5) is 5.69 Å². The second-order valence-electron chi connectivity index (χ2n) is 5.61. The second kappa shape index (κ2) is 6.64. The second-order valence-corrected chi connectivity index (χ2v) is 6.76. The van der Waals surface area contributed by atoms with Crippen LogP contribution >= 0.6 is 11.8 Å². The highest BCUT2D eigenvalue weighted by atomic mass is 32.2. The summed E-state index contributed by atoms with van der Waals surface area (Å²) in [5.41, 5.74) is 2.35. The Labute approximate surface area is 125 Å². The molecule has 2 aliphatic rings. The van der Waals surface area contributed by atoms with Gasteiger partial charge in [-0.15, -0.1) is 0 Å². The van der Waals surface area contributed by atoms with Crippen LogP contribution in [0.25, 0.3) is 0 Å². The molecule has 3 rings (SSSR count). The number of carbonyl (C=O) groups is 1. The molecule has 2 saturated heterocycles. The quantitative estimate of drug-likeness (QED) is 0.925. The Bertz CT molecular complexity index is 454. The topological polar surface area (TPSA) is 32.3 Å². The minimum Gasteiger partial charge on any atom is -0.312 e. The van der Waals surface area contributed by atoms with E-state index in [1.165, 1.54) is 29.9 Å². The monoisotopic (exact) mass is 290 g/mol. The lowest BCUT2D eigenvalue weighted by Crippen LogP contribution is -2.33. The minimum absolute atomic E-state index is 0.259. The number of rotatable bonds is 4. The lowest BCUT2D eigenvalue weighted by molar-refractivity contribution is -0.117. The number of anilines is 1. The Morgan fingerprint density at radius 1 is 1.25 bits per heavy atom. The molecule has 0 radical (unpaired) electrons. The molecule has 108 valence electrons. The molecular formula is C16H22N2OS. The van der Waals surface area contributed by atoms with E-state index in [4.69, 9.17) is 0 Å². The first-order valence-electron chi connectivity index (χ1n) is 7.53. The normalized spacial score (nSPS) is 23.3. The molecule has 1 atom stereocenters. The molecule has 3 nitrogen and oxygen atoms in total. The smallest absolute Gasteiger partial charge is 0.227 e. The van der Waals surface area contributed by atoms with E-state index >= 15 is 0 Å². The zero-order valence-electron chi connectivity index (χ0n) is 11.8. The molecule has 0 saturated carbocycles. The first-order chi connectivity index (χ1) is 9.83. The molecule has 4 heteroatoms. The summed E-state index contributed by atoms with van der Waals surface area (Å²) in [5.74, 6) is 2.81. The van der Waals surface area contributed by atoms with Gasteiger partial charge in [-0.2, -0.15) is 11.8 Å². The zero-order valence-corrected chi connectivity index (χ0v) is 12.6. The largest absolute Gasteiger partial charge is 0.312 e. The van der Waals surface area contributed by atoms with Crippen LogP contribution in [0.3, 0.4) is 0 Å². The van der Waals surface area contributed by atoms with Gasteiger partial charge in [-0.3, -0.25) is 4.79 Å². The van der Waals surface area contributed by atoms with Crippen molar-refractivity contribution >= 4 is 23.4 Å². The first kappa shape index (κ1) is 14.0. The van der Waals surface area contributed by atoms with Crippen molar-refractivity contribution < 1.29 is 4.79 Å². The number of carbonyl (C=O) groups excluding carboxylic acids is 1. The highest BCUT2D eigenvalue weighted by molar-refractivity contribution is 7.99. The van der Waals surface area contributed by atoms with Gasteiger partial charge in [0.1, 0.15) is 0 Å². The van der Waals surface area contributed by atoms with Crippen LogP contribution in [-0.4, -0.2) is 30.0 Å². The Kier molecular flexibility index (Phi) is 4.63. The molecule has 0 aliphatic carbocycles. The number of amides is 1. The highest BCUT2D eigenvalue weighted by Crippen LogP contribution is 2.22. The molecule has 2 fully saturated rings. The fraction of sp³-hybridized carbons (Fsp3) is 0.562. The fourth-order valence-electron chi connectivity index (χ4n) is 2.88. The molecule has 20 heavy (non-hydrogen) atoms. The van der Waals surface area contributed by atoms with Crippen molar-refractivity contribution in [2.75, 3.05) is 23.0 Å². The first-order valence-corrected chi connectivity index (χ1v) is 8.69. The predicted molar refractivity (Wildman–Crippen MR) is 85.2 cm³/mol. The van der Waals surface area contributed by atoms with Gasteiger partial charge in [0, 0.05) is 37.0 Å². The summed E-state index contributed by atoms with van der Waals surface area (Å²) >= 11 is 2.05. The van der Waals surface area contributed by atoms with Gasteiger partial charge >= 0.3 is 0 Å². The summed E-state index contributed by atoms with van der Waals surface area (Å²) in [5, 5.41) is 3.63. The van der Waals surface area contributed by atoms with E-state index in [9.17, 15) is 4.79 Å². The molecule has 1 amide bonds. The summed E-state index contributed by atoms with van der Waals surface area (Å²) in [6.07, 6.45) is 4.32. The third kappa shape index (κ3) is 3.36. The Balaban J connectivity index is 1.54. The van der Waals surface area contributed by atoms with E-state index in [1.807, 2.05) is 4.90 Å². The average Bonchev–Trinajstić information content (AvgIpc) is 2.93. The summed E-state index contributed by atoms with van der Waals surface area (Å²) < 4.78 is 0. The van der Waals surface area contributed by atoms with Gasteiger partial charge in [-0.25, -0.2) is 0 Å². The maximum absolute atomic E-state index is 11.7. The van der Waals surface area contributed by atoms with E-state index in [2.05, 4.69) is 41.3 Å². The maximum atomic E-state index is 11.7.